The molecule has 62 heavy (non-hydrogen) atoms. The van der Waals surface area contributed by atoms with Crippen LogP contribution in [0.25, 0.3) is 0 Å². The molecule has 4 N–H and O–H groups in total. The number of hydrogen-bond acceptors (Lipinski definition) is 6. The molecule has 14 nitrogen and oxygen atoms in total. The highest BCUT2D eigenvalue weighted by Crippen LogP contribution is 2.33. The summed E-state index contributed by atoms with van der Waals surface area (Å²) >= 11 is 11.9. The van der Waals surface area contributed by atoms with E-state index in [1.54, 1.807) is 43.4 Å². The van der Waals surface area contributed by atoms with Gasteiger partial charge in [0.1, 0.15) is 0 Å². The van der Waals surface area contributed by atoms with E-state index in [4.69, 9.17) is 53.1 Å². The minimum absolute atomic E-state index is 0.350. The van der Waals surface area contributed by atoms with E-state index in [0.29, 0.717) is 58.1 Å². The van der Waals surface area contributed by atoms with Crippen molar-refractivity contribution >= 4 is 70.3 Å². The lowest BCUT2D eigenvalue weighted by atomic mass is 9.95. The van der Waals surface area contributed by atoms with E-state index in [0.717, 1.165) is 42.6 Å². The van der Waals surface area contributed by atoms with Gasteiger partial charge in [0, 0.05) is 39.4 Å². The molecule has 0 spiro atoms. The first-order valence-electron chi connectivity index (χ1n) is 19.8. The summed E-state index contributed by atoms with van der Waals surface area (Å²) in [5.41, 5.74) is 8.62. The Morgan fingerprint density at radius 2 is 0.952 bits per heavy atom. The summed E-state index contributed by atoms with van der Waals surface area (Å²) in [6.07, 6.45) is -4.43. The summed E-state index contributed by atoms with van der Waals surface area (Å²) < 4.78 is 10.7. The third kappa shape index (κ3) is 15.1. The van der Waals surface area contributed by atoms with Crippen molar-refractivity contribution in [1.29, 1.82) is 0 Å². The maximum Gasteiger partial charge on any atom is 0.411 e. The van der Waals surface area contributed by atoms with Gasteiger partial charge in [0.2, 0.25) is 0 Å². The Kier molecular flexibility index (Phi) is 20.5. The van der Waals surface area contributed by atoms with E-state index in [9.17, 15) is 19.2 Å². The van der Waals surface area contributed by atoms with Crippen molar-refractivity contribution in [2.24, 2.45) is 0 Å². The molecule has 5 rings (SSSR count). The Morgan fingerprint density at radius 1 is 0.532 bits per heavy atom. The van der Waals surface area contributed by atoms with Gasteiger partial charge in [-0.1, -0.05) is 95.1 Å². The summed E-state index contributed by atoms with van der Waals surface area (Å²) in [4.78, 5) is 48.1. The third-order valence-electron chi connectivity index (χ3n) is 9.93. The van der Waals surface area contributed by atoms with Gasteiger partial charge in [0.25, 0.3) is 0 Å². The van der Waals surface area contributed by atoms with Crippen LogP contribution >= 0.6 is 23.2 Å². The summed E-state index contributed by atoms with van der Waals surface area (Å²) in [5, 5.41) is 36.5. The van der Waals surface area contributed by atoms with Gasteiger partial charge in [-0.2, -0.15) is 0 Å². The predicted molar refractivity (Wildman–Crippen MR) is 248 cm³/mol. The average molecular weight is 900 g/mol. The molecule has 1 heterocycles. The number of benzene rings is 4. The molecular formula is C46H60Cl2N4O10. The molecule has 0 bridgehead atoms. The number of rotatable bonds is 8. The molecule has 0 radical (unpaired) electrons. The van der Waals surface area contributed by atoms with E-state index in [1.165, 1.54) is 37.2 Å². The lowest BCUT2D eigenvalue weighted by molar-refractivity contribution is -0.0437. The maximum atomic E-state index is 11.0. The second-order valence-corrected chi connectivity index (χ2v) is 16.2. The van der Waals surface area contributed by atoms with Crippen molar-refractivity contribution in [3.8, 4) is 0 Å². The van der Waals surface area contributed by atoms with Crippen molar-refractivity contribution < 1.29 is 49.1 Å². The molecule has 1 fully saturated rings. The molecule has 0 atom stereocenters. The van der Waals surface area contributed by atoms with Gasteiger partial charge in [-0.15, -0.1) is 0 Å². The summed E-state index contributed by atoms with van der Waals surface area (Å²) in [7, 11) is 6.02. The van der Waals surface area contributed by atoms with Crippen LogP contribution in [0.2, 0.25) is 10.0 Å². The Labute approximate surface area is 374 Å². The fourth-order valence-corrected chi connectivity index (χ4v) is 6.23. The lowest BCUT2D eigenvalue weighted by Gasteiger charge is -2.20. The number of carbonyl (C=O) groups is 4. The van der Waals surface area contributed by atoms with Gasteiger partial charge in [-0.3, -0.25) is 19.6 Å². The minimum Gasteiger partial charge on any atom is -0.465 e. The smallest absolute Gasteiger partial charge is 0.411 e. The standard InChI is InChI=1S/C14H21NO2.C11H14ClNO2.C11H13NO4.C10H12ClNO2/c1-9(2)11-6-12(10(3)4)8-13(7-11)15(5)14(16)17;1-7(2)8-4-5-9(12)10(6-8)13(3)11(14)15;1-12(11(13)14)9-5-3-2-4-8(9)10-15-6-7-16-10;1-6-4-8(11)9(5-7(6)2)12(3)10(13)14/h6-10H,1-5H3,(H,16,17);4-7H,1-3H3,(H,14,15);2-5,10H,6-7H2,1H3,(H,13,14);4-5H,1-3H3,(H,13,14). The molecule has 4 aromatic carbocycles. The molecule has 4 amide bonds. The monoisotopic (exact) mass is 898 g/mol. The van der Waals surface area contributed by atoms with E-state index < -0.39 is 30.7 Å². The van der Waals surface area contributed by atoms with Crippen LogP contribution in [-0.4, -0.2) is 86.2 Å². The topological polar surface area (TPSA) is 181 Å². The van der Waals surface area contributed by atoms with Gasteiger partial charge >= 0.3 is 24.4 Å². The minimum atomic E-state index is -1.02. The zero-order chi connectivity index (χ0) is 47.2. The largest absolute Gasteiger partial charge is 0.465 e. The number of ether oxygens (including phenoxy) is 2. The molecule has 1 saturated heterocycles. The van der Waals surface area contributed by atoms with Gasteiger partial charge in [-0.25, -0.2) is 19.2 Å². The van der Waals surface area contributed by atoms with Crippen LogP contribution in [0.5, 0.6) is 0 Å². The van der Waals surface area contributed by atoms with E-state index in [2.05, 4.69) is 33.8 Å². The van der Waals surface area contributed by atoms with Crippen LogP contribution in [0.4, 0.5) is 41.9 Å². The molecule has 0 aliphatic carbocycles. The highest BCUT2D eigenvalue weighted by atomic mass is 35.5. The fraction of sp³-hybridized carbons (Fsp3) is 0.391. The van der Waals surface area contributed by atoms with Crippen LogP contribution in [-0.2, 0) is 9.47 Å². The molecule has 0 saturated carbocycles. The number of halogens is 2. The Morgan fingerprint density at radius 3 is 1.40 bits per heavy atom. The first-order valence-corrected chi connectivity index (χ1v) is 20.5. The predicted octanol–water partition coefficient (Wildman–Crippen LogP) is 12.5. The molecule has 1 aliphatic heterocycles. The number of anilines is 4. The SMILES string of the molecule is CC(C)c1cc(C(C)C)cc(N(C)C(=O)O)c1.CC(C)c1ccc(Cl)c(N(C)C(=O)O)c1.CN(C(=O)O)c1ccccc1C1OCCO1.Cc1cc(Cl)c(N(C)C(=O)O)cc1C. The van der Waals surface area contributed by atoms with Gasteiger partial charge in [0.15, 0.2) is 6.29 Å². The van der Waals surface area contributed by atoms with Crippen LogP contribution in [0.15, 0.2) is 72.8 Å². The van der Waals surface area contributed by atoms with Crippen LogP contribution in [0.3, 0.4) is 0 Å². The van der Waals surface area contributed by atoms with Crippen LogP contribution in [0, 0.1) is 13.8 Å². The summed E-state index contributed by atoms with van der Waals surface area (Å²) in [6.45, 7) is 17.5. The molecule has 338 valence electrons. The second-order valence-electron chi connectivity index (χ2n) is 15.4. The van der Waals surface area contributed by atoms with Gasteiger partial charge in [-0.05, 0) is 102 Å². The zero-order valence-electron chi connectivity index (χ0n) is 37.4. The fourth-order valence-electron chi connectivity index (χ4n) is 5.64. The highest BCUT2D eigenvalue weighted by molar-refractivity contribution is 6.34. The number of aryl methyl sites for hydroxylation is 2. The van der Waals surface area contributed by atoms with Gasteiger partial charge in [0.05, 0.1) is 40.3 Å². The normalized spacial score (nSPS) is 12.0. The number of amides is 4. The maximum absolute atomic E-state index is 11.0. The van der Waals surface area contributed by atoms with Crippen molar-refractivity contribution in [2.75, 3.05) is 61.0 Å². The highest BCUT2D eigenvalue weighted by Gasteiger charge is 2.24. The second kappa shape index (κ2) is 24.2. The number of nitrogens with zero attached hydrogens (tertiary/aromatic N) is 4. The van der Waals surface area contributed by atoms with Crippen LogP contribution in [0.1, 0.15) is 99.0 Å². The first kappa shape index (κ1) is 52.6. The molecule has 4 aromatic rings. The van der Waals surface area contributed by atoms with Crippen molar-refractivity contribution in [3.63, 3.8) is 0 Å². The van der Waals surface area contributed by atoms with Crippen LogP contribution < -0.4 is 19.6 Å². The molecule has 0 aromatic heterocycles. The van der Waals surface area contributed by atoms with E-state index in [1.807, 2.05) is 58.0 Å². The quantitative estimate of drug-likeness (QED) is 0.133. The third-order valence-corrected chi connectivity index (χ3v) is 10.5. The average Bonchev–Trinajstić information content (AvgIpc) is 3.77. The summed E-state index contributed by atoms with van der Waals surface area (Å²) in [5.74, 6) is 1.15. The Balaban J connectivity index is 0.000000285. The number of carboxylic acid groups (broad SMARTS) is 4. The number of para-hydroxylation sites is 1. The molecule has 1 aliphatic rings. The van der Waals surface area contributed by atoms with E-state index >= 15 is 0 Å². The Bertz CT molecular complexity index is 2130. The zero-order valence-corrected chi connectivity index (χ0v) is 38.9. The van der Waals surface area contributed by atoms with Gasteiger partial charge < -0.3 is 29.9 Å². The first-order chi connectivity index (χ1) is 28.9. The van der Waals surface area contributed by atoms with E-state index in [-0.39, 0.29) is 0 Å². The Hall–Kier alpha value is -5.54. The molecular weight excluding hydrogens is 839 g/mol. The van der Waals surface area contributed by atoms with Crippen molar-refractivity contribution in [1.82, 2.24) is 0 Å². The van der Waals surface area contributed by atoms with Crippen molar-refractivity contribution in [3.05, 3.63) is 116 Å². The molecule has 16 heteroatoms. The summed E-state index contributed by atoms with van der Waals surface area (Å²) in [6, 6.07) is 22.2. The molecule has 0 unspecified atom stereocenters. The number of hydrogen-bond donors (Lipinski definition) is 4. The van der Waals surface area contributed by atoms with Crippen molar-refractivity contribution in [2.45, 2.75) is 79.4 Å². The lowest BCUT2D eigenvalue weighted by Crippen LogP contribution is -2.25.